The number of hydrogen-bond donors (Lipinski definition) is 1. The van der Waals surface area contributed by atoms with Crippen LogP contribution >= 0.6 is 0 Å². The molecule has 0 aliphatic rings. The van der Waals surface area contributed by atoms with Gasteiger partial charge in [-0.05, 0) is 32.1 Å². The predicted octanol–water partition coefficient (Wildman–Crippen LogP) is 4.05. The van der Waals surface area contributed by atoms with E-state index in [0.29, 0.717) is 5.95 Å². The Morgan fingerprint density at radius 3 is 2.73 bits per heavy atom. The molecule has 0 fully saturated rings. The molecule has 2 aromatic heterocycles. The Hall–Kier alpha value is -2.69. The average molecular weight is 297 g/mol. The third kappa shape index (κ3) is 5.01. The van der Waals surface area contributed by atoms with Gasteiger partial charge in [0.1, 0.15) is 6.33 Å². The van der Waals surface area contributed by atoms with Crippen LogP contribution in [-0.4, -0.2) is 19.7 Å². The van der Waals surface area contributed by atoms with Gasteiger partial charge in [0.05, 0.1) is 5.69 Å². The highest BCUT2D eigenvalue weighted by Gasteiger charge is 2.03. The molecule has 0 atom stereocenters. The Morgan fingerprint density at radius 2 is 2.09 bits per heavy atom. The van der Waals surface area contributed by atoms with Gasteiger partial charge in [-0.2, -0.15) is 4.98 Å². The van der Waals surface area contributed by atoms with E-state index in [1.807, 2.05) is 58.1 Å². The molecule has 5 nitrogen and oxygen atoms in total. The zero-order valence-electron chi connectivity index (χ0n) is 13.6. The first-order valence-electron chi connectivity index (χ1n) is 7.30. The summed E-state index contributed by atoms with van der Waals surface area (Å²) in [5.41, 5.74) is 2.78. The number of nitrogens with zero attached hydrogens (tertiary/aromatic N) is 4. The zero-order valence-corrected chi connectivity index (χ0v) is 13.6. The van der Waals surface area contributed by atoms with Crippen molar-refractivity contribution < 1.29 is 0 Å². The Morgan fingerprint density at radius 1 is 1.32 bits per heavy atom. The molecule has 0 spiro atoms. The van der Waals surface area contributed by atoms with Gasteiger partial charge >= 0.3 is 0 Å². The molecule has 0 unspecified atom stereocenters. The third-order valence-electron chi connectivity index (χ3n) is 2.62. The smallest absolute Gasteiger partial charge is 0.246 e. The summed E-state index contributed by atoms with van der Waals surface area (Å²) >= 11 is 0. The van der Waals surface area contributed by atoms with Crippen LogP contribution in [0.25, 0.3) is 5.69 Å². The van der Waals surface area contributed by atoms with Crippen LogP contribution in [0.15, 0.2) is 61.2 Å². The van der Waals surface area contributed by atoms with Crippen molar-refractivity contribution in [3.63, 3.8) is 0 Å². The van der Waals surface area contributed by atoms with Crippen molar-refractivity contribution in [1.29, 1.82) is 0 Å². The molecule has 2 heterocycles. The summed E-state index contributed by atoms with van der Waals surface area (Å²) in [5, 5.41) is 7.52. The Kier molecular flexibility index (Phi) is 7.33. The van der Waals surface area contributed by atoms with E-state index in [4.69, 9.17) is 0 Å². The Labute approximate surface area is 132 Å². The molecule has 0 aromatic carbocycles. The van der Waals surface area contributed by atoms with Crippen LogP contribution in [0.5, 0.6) is 0 Å². The van der Waals surface area contributed by atoms with E-state index in [9.17, 15) is 0 Å². The lowest BCUT2D eigenvalue weighted by atomic mass is 10.3. The summed E-state index contributed by atoms with van der Waals surface area (Å²) in [7, 11) is 0. The number of nitrogens with one attached hydrogen (secondary N) is 1. The monoisotopic (exact) mass is 297 g/mol. The quantitative estimate of drug-likeness (QED) is 0.846. The molecule has 0 bridgehead atoms. The summed E-state index contributed by atoms with van der Waals surface area (Å²) in [6.45, 7) is 11.5. The molecule has 2 aromatic rings. The molecule has 2 rings (SSSR count). The van der Waals surface area contributed by atoms with E-state index in [1.165, 1.54) is 0 Å². The summed E-state index contributed by atoms with van der Waals surface area (Å²) in [4.78, 5) is 8.40. The summed E-state index contributed by atoms with van der Waals surface area (Å²) in [6, 6.07) is 3.84. The predicted molar refractivity (Wildman–Crippen MR) is 92.0 cm³/mol. The van der Waals surface area contributed by atoms with Crippen molar-refractivity contribution >= 4 is 5.95 Å². The van der Waals surface area contributed by atoms with E-state index < -0.39 is 0 Å². The minimum atomic E-state index is 0.543. The van der Waals surface area contributed by atoms with Crippen LogP contribution < -0.4 is 5.32 Å². The van der Waals surface area contributed by atoms with Crippen LogP contribution in [0.4, 0.5) is 5.95 Å². The fourth-order valence-electron chi connectivity index (χ4n) is 1.63. The average Bonchev–Trinajstić information content (AvgIpc) is 3.02. The molecule has 1 N–H and O–H groups in total. The third-order valence-corrected chi connectivity index (χ3v) is 2.62. The number of aryl methyl sites for hydroxylation is 1. The highest BCUT2D eigenvalue weighted by molar-refractivity contribution is 5.40. The van der Waals surface area contributed by atoms with Crippen LogP contribution in [0.2, 0.25) is 0 Å². The van der Waals surface area contributed by atoms with Gasteiger partial charge in [0, 0.05) is 17.6 Å². The molecule has 0 saturated heterocycles. The number of rotatable bonds is 5. The molecule has 22 heavy (non-hydrogen) atoms. The largest absolute Gasteiger partial charge is 0.323 e. The number of aromatic nitrogens is 4. The molecule has 5 heteroatoms. The summed E-state index contributed by atoms with van der Waals surface area (Å²) in [5.74, 6) is 0.543. The van der Waals surface area contributed by atoms with Crippen LogP contribution in [0.3, 0.4) is 0 Å². The molecule has 0 aliphatic heterocycles. The van der Waals surface area contributed by atoms with Crippen LogP contribution in [-0.2, 0) is 0 Å². The highest BCUT2D eigenvalue weighted by atomic mass is 15.4. The van der Waals surface area contributed by atoms with Crippen molar-refractivity contribution in [3.8, 4) is 5.69 Å². The molecular weight excluding hydrogens is 274 g/mol. The standard InChI is InChI=1S/C15H17N5.C2H6/c1-4-6-7-13(5-2)18-15-17-11-20(19-15)14-8-9-16-12(3)10-14;1-2/h4-11H,1H2,2-3H3,(H,18,19);1-2H3/b7-6-,13-5+;. The maximum Gasteiger partial charge on any atom is 0.246 e. The molecular formula is C17H23N5. The fourth-order valence-corrected chi connectivity index (χ4v) is 1.63. The number of pyridine rings is 1. The molecule has 116 valence electrons. The highest BCUT2D eigenvalue weighted by Crippen LogP contribution is 2.10. The van der Waals surface area contributed by atoms with E-state index in [-0.39, 0.29) is 0 Å². The second kappa shape index (κ2) is 9.28. The lowest BCUT2D eigenvalue weighted by Crippen LogP contribution is -2.00. The van der Waals surface area contributed by atoms with Gasteiger partial charge < -0.3 is 5.32 Å². The van der Waals surface area contributed by atoms with Gasteiger partial charge in [-0.1, -0.05) is 38.7 Å². The summed E-state index contributed by atoms with van der Waals surface area (Å²) in [6.07, 6.45) is 10.8. The number of hydrogen-bond acceptors (Lipinski definition) is 4. The van der Waals surface area contributed by atoms with Gasteiger partial charge in [0.2, 0.25) is 5.95 Å². The van der Waals surface area contributed by atoms with Crippen molar-refractivity contribution in [3.05, 3.63) is 66.9 Å². The number of anilines is 1. The lowest BCUT2D eigenvalue weighted by molar-refractivity contribution is 0.875. The number of allylic oxidation sites excluding steroid dienone is 4. The maximum atomic E-state index is 4.38. The van der Waals surface area contributed by atoms with Crippen LogP contribution in [0, 0.1) is 6.92 Å². The molecule has 0 amide bonds. The first-order valence-corrected chi connectivity index (χ1v) is 7.30. The first kappa shape index (κ1) is 17.4. The van der Waals surface area contributed by atoms with Gasteiger partial charge in [0.15, 0.2) is 0 Å². The second-order valence-corrected chi connectivity index (χ2v) is 4.13. The van der Waals surface area contributed by atoms with Crippen molar-refractivity contribution in [2.75, 3.05) is 5.32 Å². The van der Waals surface area contributed by atoms with Gasteiger partial charge in [-0.15, -0.1) is 5.10 Å². The maximum absolute atomic E-state index is 4.38. The zero-order chi connectivity index (χ0) is 16.4. The van der Waals surface area contributed by atoms with Gasteiger partial charge in [-0.3, -0.25) is 4.98 Å². The van der Waals surface area contributed by atoms with E-state index in [0.717, 1.165) is 17.1 Å². The molecule has 0 saturated carbocycles. The topological polar surface area (TPSA) is 55.6 Å². The minimum absolute atomic E-state index is 0.543. The summed E-state index contributed by atoms with van der Waals surface area (Å²) < 4.78 is 1.71. The second-order valence-electron chi connectivity index (χ2n) is 4.13. The fraction of sp³-hybridized carbons (Fsp3) is 0.235. The Balaban J connectivity index is 0.00000116. The van der Waals surface area contributed by atoms with E-state index in [1.54, 1.807) is 23.3 Å². The van der Waals surface area contributed by atoms with E-state index >= 15 is 0 Å². The minimum Gasteiger partial charge on any atom is -0.323 e. The van der Waals surface area contributed by atoms with Gasteiger partial charge in [-0.25, -0.2) is 4.68 Å². The van der Waals surface area contributed by atoms with E-state index in [2.05, 4.69) is 27.0 Å². The first-order chi connectivity index (χ1) is 10.7. The van der Waals surface area contributed by atoms with Crippen molar-refractivity contribution in [2.24, 2.45) is 0 Å². The van der Waals surface area contributed by atoms with Crippen molar-refractivity contribution in [1.82, 2.24) is 19.7 Å². The lowest BCUT2D eigenvalue weighted by Gasteiger charge is -2.02. The normalized spacial score (nSPS) is 11.0. The Bertz CT molecular complexity index is 653. The van der Waals surface area contributed by atoms with Crippen molar-refractivity contribution in [2.45, 2.75) is 27.7 Å². The van der Waals surface area contributed by atoms with Gasteiger partial charge in [0.25, 0.3) is 0 Å². The van der Waals surface area contributed by atoms with Crippen LogP contribution in [0.1, 0.15) is 26.5 Å². The SMILES string of the molecule is C=C/C=C\C(=C/C)Nc1ncn(-c2ccnc(C)c2)n1.CC. The molecule has 0 radical (unpaired) electrons. The molecule has 0 aliphatic carbocycles.